The Bertz CT molecular complexity index is 259. The fourth-order valence-electron chi connectivity index (χ4n) is 0.753. The second-order valence-electron chi connectivity index (χ2n) is 3.04. The maximum Gasteiger partial charge on any atom is 0.407 e. The maximum absolute atomic E-state index is 11.0. The minimum Gasteiger partial charge on any atom is -0.480 e. The highest BCUT2D eigenvalue weighted by Crippen LogP contribution is 1.86. The van der Waals surface area contributed by atoms with Crippen LogP contribution >= 0.6 is 0 Å². The third-order valence-electron chi connectivity index (χ3n) is 1.60. The Balaban J connectivity index is 3.38. The number of carbonyl (C=O) groups is 2. The number of amides is 1. The van der Waals surface area contributed by atoms with Crippen molar-refractivity contribution in [3.63, 3.8) is 0 Å². The van der Waals surface area contributed by atoms with Crippen molar-refractivity contribution in [2.75, 3.05) is 26.4 Å². The molecule has 0 rings (SSSR count). The van der Waals surface area contributed by atoms with Crippen LogP contribution in [0, 0.1) is 0 Å². The summed E-state index contributed by atoms with van der Waals surface area (Å²) in [5.74, 6) is -1.17. The van der Waals surface area contributed by atoms with Gasteiger partial charge in [-0.2, -0.15) is 0 Å². The van der Waals surface area contributed by atoms with Gasteiger partial charge in [0.05, 0.1) is 25.2 Å². The lowest BCUT2D eigenvalue weighted by molar-refractivity contribution is -0.493. The number of hydrogen-bond acceptors (Lipinski definition) is 8. The predicted molar refractivity (Wildman–Crippen MR) is 53.8 cm³/mol. The average Bonchev–Trinajstić information content (AvgIpc) is 2.27. The normalized spacial score (nSPS) is 12.2. The van der Waals surface area contributed by atoms with Crippen molar-refractivity contribution in [3.05, 3.63) is 0 Å². The third-order valence-corrected chi connectivity index (χ3v) is 1.60. The van der Waals surface area contributed by atoms with Crippen LogP contribution in [0.3, 0.4) is 0 Å². The number of carbonyl (C=O) groups excluding carboxylic acids is 1. The highest BCUT2D eigenvalue weighted by atomic mass is 17.1. The van der Waals surface area contributed by atoms with E-state index in [1.807, 2.05) is 0 Å². The van der Waals surface area contributed by atoms with Gasteiger partial charge in [0, 0.05) is 0 Å². The monoisotopic (exact) mass is 268 g/mol. The Morgan fingerprint density at radius 3 is 2.39 bits per heavy atom. The Morgan fingerprint density at radius 1 is 1.22 bits per heavy atom. The maximum atomic E-state index is 11.0. The van der Waals surface area contributed by atoms with E-state index in [0.29, 0.717) is 0 Å². The highest BCUT2D eigenvalue weighted by molar-refractivity contribution is 5.79. The van der Waals surface area contributed by atoms with Crippen molar-refractivity contribution in [1.29, 1.82) is 0 Å². The van der Waals surface area contributed by atoms with Gasteiger partial charge in [-0.3, -0.25) is 15.2 Å². The van der Waals surface area contributed by atoms with Gasteiger partial charge in [-0.25, -0.2) is 9.63 Å². The minimum absolute atomic E-state index is 0.0636. The molecule has 106 valence electrons. The number of aliphatic carboxylic acids is 1. The van der Waals surface area contributed by atoms with Crippen molar-refractivity contribution in [1.82, 2.24) is 10.7 Å². The van der Waals surface area contributed by atoms with Crippen LogP contribution < -0.4 is 5.32 Å². The SMILES string of the molecule is CC(NC(=O)OCCOCCON(O)O)C(=O)O. The molecule has 0 aromatic carbocycles. The molecular weight excluding hydrogens is 252 g/mol. The van der Waals surface area contributed by atoms with Gasteiger partial charge in [0.1, 0.15) is 12.6 Å². The summed E-state index contributed by atoms with van der Waals surface area (Å²) in [6.07, 6.45) is -0.860. The lowest BCUT2D eigenvalue weighted by Gasteiger charge is -2.10. The number of carboxylic acid groups (broad SMARTS) is 1. The molecule has 0 saturated carbocycles. The van der Waals surface area contributed by atoms with Crippen LogP contribution in [-0.2, 0) is 19.1 Å². The summed E-state index contributed by atoms with van der Waals surface area (Å²) in [4.78, 5) is 25.6. The Morgan fingerprint density at radius 2 is 1.83 bits per heavy atom. The lowest BCUT2D eigenvalue weighted by atomic mass is 10.4. The summed E-state index contributed by atoms with van der Waals surface area (Å²) in [6, 6.07) is -1.04. The molecule has 10 heteroatoms. The van der Waals surface area contributed by atoms with Gasteiger partial charge >= 0.3 is 12.1 Å². The summed E-state index contributed by atoms with van der Waals surface area (Å²) in [5, 5.41) is 26.4. The van der Waals surface area contributed by atoms with Crippen LogP contribution in [0.15, 0.2) is 0 Å². The number of alkyl carbamates (subject to hydrolysis) is 1. The van der Waals surface area contributed by atoms with E-state index in [9.17, 15) is 9.59 Å². The molecule has 0 aliphatic carbocycles. The van der Waals surface area contributed by atoms with E-state index in [1.165, 1.54) is 6.92 Å². The summed E-state index contributed by atoms with van der Waals surface area (Å²) in [5.41, 5.74) is 0. The van der Waals surface area contributed by atoms with E-state index >= 15 is 0 Å². The van der Waals surface area contributed by atoms with E-state index in [2.05, 4.69) is 14.9 Å². The molecule has 18 heavy (non-hydrogen) atoms. The first-order valence-electron chi connectivity index (χ1n) is 4.98. The van der Waals surface area contributed by atoms with Crippen LogP contribution in [0.2, 0.25) is 0 Å². The molecular formula is C8H16N2O8. The molecule has 0 aliphatic heterocycles. The van der Waals surface area contributed by atoms with Crippen LogP contribution in [0.4, 0.5) is 4.79 Å². The van der Waals surface area contributed by atoms with Gasteiger partial charge in [-0.1, -0.05) is 0 Å². The van der Waals surface area contributed by atoms with Crippen LogP contribution in [0.1, 0.15) is 6.92 Å². The molecule has 0 aromatic rings. The number of carboxylic acids is 1. The summed E-state index contributed by atoms with van der Waals surface area (Å²) in [6.45, 7) is 1.27. The van der Waals surface area contributed by atoms with Crippen LogP contribution in [0.25, 0.3) is 0 Å². The van der Waals surface area contributed by atoms with Crippen molar-refractivity contribution in [2.45, 2.75) is 13.0 Å². The molecule has 0 heterocycles. The Hall–Kier alpha value is -1.46. The number of rotatable bonds is 9. The van der Waals surface area contributed by atoms with Gasteiger partial charge in [0.15, 0.2) is 0 Å². The van der Waals surface area contributed by atoms with E-state index in [4.69, 9.17) is 20.3 Å². The molecule has 4 N–H and O–H groups in total. The van der Waals surface area contributed by atoms with E-state index in [0.717, 1.165) is 0 Å². The first kappa shape index (κ1) is 16.5. The first-order chi connectivity index (χ1) is 8.43. The van der Waals surface area contributed by atoms with Crippen LogP contribution in [0.5, 0.6) is 0 Å². The van der Waals surface area contributed by atoms with Gasteiger partial charge in [-0.05, 0) is 6.92 Å². The zero-order chi connectivity index (χ0) is 14.0. The fourth-order valence-corrected chi connectivity index (χ4v) is 0.753. The van der Waals surface area contributed by atoms with Crippen molar-refractivity contribution < 1.29 is 39.4 Å². The summed E-state index contributed by atoms with van der Waals surface area (Å²) >= 11 is 0. The van der Waals surface area contributed by atoms with Crippen molar-refractivity contribution >= 4 is 12.1 Å². The largest absolute Gasteiger partial charge is 0.480 e. The first-order valence-corrected chi connectivity index (χ1v) is 4.98. The molecule has 0 aliphatic rings. The Kier molecular flexibility index (Phi) is 8.78. The minimum atomic E-state index is -1.17. The quantitative estimate of drug-likeness (QED) is 0.313. The molecule has 0 spiro atoms. The highest BCUT2D eigenvalue weighted by Gasteiger charge is 2.14. The zero-order valence-corrected chi connectivity index (χ0v) is 9.74. The molecule has 0 radical (unpaired) electrons. The molecule has 1 amide bonds. The molecule has 10 nitrogen and oxygen atoms in total. The molecule has 0 bridgehead atoms. The van der Waals surface area contributed by atoms with Gasteiger partial charge in [0.2, 0.25) is 0 Å². The molecule has 0 aromatic heterocycles. The summed E-state index contributed by atoms with van der Waals surface area (Å²) < 4.78 is 9.49. The van der Waals surface area contributed by atoms with Gasteiger partial charge < -0.3 is 19.9 Å². The molecule has 1 atom stereocenters. The third kappa shape index (κ3) is 9.74. The smallest absolute Gasteiger partial charge is 0.407 e. The average molecular weight is 268 g/mol. The van der Waals surface area contributed by atoms with E-state index in [1.54, 1.807) is 0 Å². The molecule has 0 saturated heterocycles. The number of ether oxygens (including phenoxy) is 2. The van der Waals surface area contributed by atoms with Gasteiger partial charge in [0.25, 0.3) is 0 Å². The Labute approximate surface area is 103 Å². The second-order valence-corrected chi connectivity index (χ2v) is 3.04. The predicted octanol–water partition coefficient (Wildman–Crippen LogP) is -0.786. The van der Waals surface area contributed by atoms with Crippen LogP contribution in [-0.4, -0.2) is 65.4 Å². The number of hydrogen-bond donors (Lipinski definition) is 4. The van der Waals surface area contributed by atoms with Gasteiger partial charge in [-0.15, -0.1) is 0 Å². The molecule has 0 fully saturated rings. The standard InChI is InChI=1S/C8H16N2O8/c1-6(7(11)12)9-8(13)17-4-2-16-3-5-18-10(14)15/h6,14-15H,2-5H2,1H3,(H,9,13)(H,11,12). The van der Waals surface area contributed by atoms with Crippen molar-refractivity contribution in [2.24, 2.45) is 0 Å². The molecule has 1 unspecified atom stereocenters. The number of nitrogens with zero attached hydrogens (tertiary/aromatic N) is 1. The van der Waals surface area contributed by atoms with E-state index < -0.39 is 23.5 Å². The van der Waals surface area contributed by atoms with E-state index in [-0.39, 0.29) is 26.4 Å². The fraction of sp³-hybridized carbons (Fsp3) is 0.750. The topological polar surface area (TPSA) is 138 Å². The zero-order valence-electron chi connectivity index (χ0n) is 9.74. The number of nitrogens with one attached hydrogen (secondary N) is 1. The van der Waals surface area contributed by atoms with Crippen molar-refractivity contribution in [3.8, 4) is 0 Å². The second kappa shape index (κ2) is 9.56. The summed E-state index contributed by atoms with van der Waals surface area (Å²) in [7, 11) is 0. The lowest BCUT2D eigenvalue weighted by Crippen LogP contribution is -2.39.